The fourth-order valence-electron chi connectivity index (χ4n) is 4.55. The topological polar surface area (TPSA) is 70.0 Å². The number of benzene rings is 1. The van der Waals surface area contributed by atoms with E-state index in [0.717, 1.165) is 16.7 Å². The van der Waals surface area contributed by atoms with Gasteiger partial charge in [0.2, 0.25) is 5.91 Å². The summed E-state index contributed by atoms with van der Waals surface area (Å²) in [5.74, 6) is 0.118. The Hall–Kier alpha value is -1.43. The quantitative estimate of drug-likeness (QED) is 0.846. The van der Waals surface area contributed by atoms with E-state index >= 15 is 0 Å². The molecule has 0 saturated carbocycles. The van der Waals surface area contributed by atoms with Gasteiger partial charge in [-0.25, -0.2) is 0 Å². The molecule has 2 aliphatic heterocycles. The highest BCUT2D eigenvalue weighted by Crippen LogP contribution is 2.39. The predicted molar refractivity (Wildman–Crippen MR) is 100 cm³/mol. The Bertz CT molecular complexity index is 666. The van der Waals surface area contributed by atoms with Gasteiger partial charge in [0, 0.05) is 19.5 Å². The molecule has 1 aromatic carbocycles. The van der Waals surface area contributed by atoms with Gasteiger partial charge in [0.1, 0.15) is 11.7 Å². The minimum atomic E-state index is -1.12. The number of rotatable bonds is 2. The molecule has 2 atom stereocenters. The number of aliphatic hydroxyl groups excluding tert-OH is 1. The molecule has 26 heavy (non-hydrogen) atoms. The average Bonchev–Trinajstić information content (AvgIpc) is 2.56. The Kier molecular flexibility index (Phi) is 5.17. The van der Waals surface area contributed by atoms with Gasteiger partial charge in [-0.05, 0) is 57.2 Å². The molecule has 0 bridgehead atoms. The molecule has 1 spiro atoms. The molecular weight excluding hydrogens is 330 g/mol. The molecule has 144 valence electrons. The Balaban J connectivity index is 1.66. The molecule has 1 aromatic rings. The lowest BCUT2D eigenvalue weighted by atomic mass is 9.75. The van der Waals surface area contributed by atoms with E-state index in [-0.39, 0.29) is 5.91 Å². The number of carbonyl (C=O) groups excluding carboxylic acids is 1. The first-order valence-electron chi connectivity index (χ1n) is 9.53. The first kappa shape index (κ1) is 19.3. The van der Waals surface area contributed by atoms with Crippen molar-refractivity contribution in [2.75, 3.05) is 19.7 Å². The van der Waals surface area contributed by atoms with Gasteiger partial charge in [-0.1, -0.05) is 17.7 Å². The molecule has 2 fully saturated rings. The van der Waals surface area contributed by atoms with E-state index in [1.807, 2.05) is 4.90 Å². The molecule has 0 aromatic heterocycles. The predicted octanol–water partition coefficient (Wildman–Crippen LogP) is 2.05. The first-order valence-corrected chi connectivity index (χ1v) is 9.53. The van der Waals surface area contributed by atoms with Crippen LogP contribution >= 0.6 is 0 Å². The summed E-state index contributed by atoms with van der Waals surface area (Å²) in [5, 5.41) is 21.0. The van der Waals surface area contributed by atoms with Crippen LogP contribution in [0.5, 0.6) is 0 Å². The summed E-state index contributed by atoms with van der Waals surface area (Å²) in [6.45, 7) is 9.40. The molecule has 0 unspecified atom stereocenters. The highest BCUT2D eigenvalue weighted by Gasteiger charge is 2.52. The van der Waals surface area contributed by atoms with Gasteiger partial charge < -0.3 is 19.8 Å². The zero-order valence-corrected chi connectivity index (χ0v) is 16.3. The number of hydrogen-bond acceptors (Lipinski definition) is 4. The van der Waals surface area contributed by atoms with Crippen molar-refractivity contribution in [2.45, 2.75) is 70.7 Å². The molecule has 2 aliphatic rings. The van der Waals surface area contributed by atoms with Gasteiger partial charge in [-0.15, -0.1) is 0 Å². The Labute approximate surface area is 156 Å². The zero-order valence-electron chi connectivity index (χ0n) is 16.3. The highest BCUT2D eigenvalue weighted by atomic mass is 16.5. The summed E-state index contributed by atoms with van der Waals surface area (Å²) in [4.78, 5) is 14.7. The zero-order chi connectivity index (χ0) is 19.1. The summed E-state index contributed by atoms with van der Waals surface area (Å²) in [7, 11) is 0. The van der Waals surface area contributed by atoms with Gasteiger partial charge >= 0.3 is 0 Å². The van der Waals surface area contributed by atoms with Crippen molar-refractivity contribution in [2.24, 2.45) is 0 Å². The van der Waals surface area contributed by atoms with Crippen LogP contribution in [-0.4, -0.2) is 58.0 Å². The van der Waals surface area contributed by atoms with E-state index in [1.54, 1.807) is 6.92 Å². The van der Waals surface area contributed by atoms with Crippen molar-refractivity contribution in [3.8, 4) is 0 Å². The lowest BCUT2D eigenvalue weighted by Crippen LogP contribution is -2.64. The molecule has 3 rings (SSSR count). The van der Waals surface area contributed by atoms with Crippen LogP contribution in [-0.2, 0) is 16.0 Å². The third kappa shape index (κ3) is 3.53. The molecule has 2 heterocycles. The fraction of sp³-hybridized carbons (Fsp3) is 0.667. The summed E-state index contributed by atoms with van der Waals surface area (Å²) in [6.07, 6.45) is 1.04. The molecule has 0 aliphatic carbocycles. The smallest absolute Gasteiger partial charge is 0.227 e. The van der Waals surface area contributed by atoms with Gasteiger partial charge in [0.25, 0.3) is 0 Å². The Morgan fingerprint density at radius 1 is 1.19 bits per heavy atom. The van der Waals surface area contributed by atoms with Crippen molar-refractivity contribution in [1.29, 1.82) is 0 Å². The van der Waals surface area contributed by atoms with Crippen LogP contribution in [0, 0.1) is 20.8 Å². The Morgan fingerprint density at radius 2 is 1.77 bits per heavy atom. The van der Waals surface area contributed by atoms with Crippen LogP contribution in [0.25, 0.3) is 0 Å². The summed E-state index contributed by atoms with van der Waals surface area (Å²) in [6, 6.07) is 4.24. The second kappa shape index (κ2) is 6.95. The third-order valence-corrected chi connectivity index (χ3v) is 6.22. The second-order valence-corrected chi connectivity index (χ2v) is 8.36. The highest BCUT2D eigenvalue weighted by molar-refractivity contribution is 5.79. The van der Waals surface area contributed by atoms with E-state index in [2.05, 4.69) is 32.9 Å². The number of likely N-dealkylation sites (tertiary alicyclic amines) is 1. The molecule has 2 N–H and O–H groups in total. The standard InChI is InChI=1S/C21H31NO4/c1-14-11-15(2)17(16(3)12-14)13-18(23)22-8-5-21(6-9-22)19(24)20(4,25)7-10-26-21/h11-12,19,24-25H,5-10,13H2,1-4H3/t19-,20+/m0/s1. The van der Waals surface area contributed by atoms with Crippen molar-refractivity contribution in [3.63, 3.8) is 0 Å². The minimum Gasteiger partial charge on any atom is -0.387 e. The maximum Gasteiger partial charge on any atom is 0.227 e. The maximum atomic E-state index is 12.8. The number of hydrogen-bond donors (Lipinski definition) is 2. The molecule has 5 nitrogen and oxygen atoms in total. The molecule has 2 saturated heterocycles. The van der Waals surface area contributed by atoms with Crippen LogP contribution in [0.2, 0.25) is 0 Å². The number of aryl methyl sites for hydroxylation is 3. The molecule has 5 heteroatoms. The monoisotopic (exact) mass is 361 g/mol. The van der Waals surface area contributed by atoms with Crippen molar-refractivity contribution < 1.29 is 19.7 Å². The summed E-state index contributed by atoms with van der Waals surface area (Å²) in [5.41, 5.74) is 2.79. The minimum absolute atomic E-state index is 0.118. The number of nitrogens with zero attached hydrogens (tertiary/aromatic N) is 1. The molecule has 0 radical (unpaired) electrons. The van der Waals surface area contributed by atoms with Crippen molar-refractivity contribution >= 4 is 5.91 Å². The number of piperidine rings is 1. The normalized spacial score (nSPS) is 28.4. The van der Waals surface area contributed by atoms with Crippen LogP contribution in [0.4, 0.5) is 0 Å². The number of aliphatic hydroxyl groups is 2. The van der Waals surface area contributed by atoms with Crippen LogP contribution in [0.3, 0.4) is 0 Å². The summed E-state index contributed by atoms with van der Waals surface area (Å²) < 4.78 is 5.90. The number of amides is 1. The van der Waals surface area contributed by atoms with Crippen LogP contribution in [0.15, 0.2) is 12.1 Å². The number of carbonyl (C=O) groups is 1. The Morgan fingerprint density at radius 3 is 2.35 bits per heavy atom. The van der Waals surface area contributed by atoms with E-state index in [0.29, 0.717) is 45.4 Å². The molecule has 1 amide bonds. The fourth-order valence-corrected chi connectivity index (χ4v) is 4.55. The van der Waals surface area contributed by atoms with E-state index < -0.39 is 17.3 Å². The number of ether oxygens (including phenoxy) is 1. The third-order valence-electron chi connectivity index (χ3n) is 6.22. The van der Waals surface area contributed by atoms with Gasteiger partial charge in [-0.3, -0.25) is 4.79 Å². The van der Waals surface area contributed by atoms with E-state index in [1.165, 1.54) is 5.56 Å². The molecular formula is C21H31NO4. The van der Waals surface area contributed by atoms with Gasteiger partial charge in [0.15, 0.2) is 0 Å². The van der Waals surface area contributed by atoms with E-state index in [4.69, 9.17) is 4.74 Å². The van der Waals surface area contributed by atoms with Crippen molar-refractivity contribution in [1.82, 2.24) is 4.90 Å². The van der Waals surface area contributed by atoms with Gasteiger partial charge in [0.05, 0.1) is 18.6 Å². The van der Waals surface area contributed by atoms with Crippen molar-refractivity contribution in [3.05, 3.63) is 34.4 Å². The van der Waals surface area contributed by atoms with Gasteiger partial charge in [-0.2, -0.15) is 0 Å². The lowest BCUT2D eigenvalue weighted by Gasteiger charge is -2.51. The maximum absolute atomic E-state index is 12.8. The SMILES string of the molecule is Cc1cc(C)c(CC(=O)N2CCC3(CC2)OCC[C@@](C)(O)[C@@H]3O)c(C)c1. The largest absolute Gasteiger partial charge is 0.387 e. The van der Waals surface area contributed by atoms with Crippen LogP contribution in [0.1, 0.15) is 48.4 Å². The second-order valence-electron chi connectivity index (χ2n) is 8.36. The first-order chi connectivity index (χ1) is 12.1. The lowest BCUT2D eigenvalue weighted by molar-refractivity contribution is -0.245. The van der Waals surface area contributed by atoms with Crippen LogP contribution < -0.4 is 0 Å². The average molecular weight is 361 g/mol. The summed E-state index contributed by atoms with van der Waals surface area (Å²) >= 11 is 0. The van der Waals surface area contributed by atoms with E-state index in [9.17, 15) is 15.0 Å².